The monoisotopic (exact) mass is 213 g/mol. The van der Waals surface area contributed by atoms with E-state index >= 15 is 0 Å². The Hall–Kier alpha value is -0.570. The highest BCUT2D eigenvalue weighted by Crippen LogP contribution is 2.30. The second-order valence-electron chi connectivity index (χ2n) is 4.47. The molecule has 0 unspecified atom stereocenters. The summed E-state index contributed by atoms with van der Waals surface area (Å²) in [6.45, 7) is 4.34. The summed E-state index contributed by atoms with van der Waals surface area (Å²) < 4.78 is 4.69. The molecule has 0 radical (unpaired) electrons. The SMILES string of the molecule is CCNCC1CCC(CC(=O)OC)CC1. The van der Waals surface area contributed by atoms with Crippen LogP contribution in [-0.4, -0.2) is 26.2 Å². The Bertz CT molecular complexity index is 186. The van der Waals surface area contributed by atoms with Crippen molar-refractivity contribution in [1.29, 1.82) is 0 Å². The highest BCUT2D eigenvalue weighted by molar-refractivity contribution is 5.69. The molecule has 0 aromatic rings. The van der Waals surface area contributed by atoms with Gasteiger partial charge in [-0.05, 0) is 50.6 Å². The van der Waals surface area contributed by atoms with Gasteiger partial charge in [0.25, 0.3) is 0 Å². The van der Waals surface area contributed by atoms with Crippen LogP contribution in [0.1, 0.15) is 39.0 Å². The van der Waals surface area contributed by atoms with E-state index < -0.39 is 0 Å². The number of esters is 1. The molecule has 1 saturated carbocycles. The maximum absolute atomic E-state index is 11.1. The molecule has 0 amide bonds. The van der Waals surface area contributed by atoms with E-state index in [1.54, 1.807) is 0 Å². The fraction of sp³-hybridized carbons (Fsp3) is 0.917. The molecule has 0 atom stereocenters. The standard InChI is InChI=1S/C12H23NO2/c1-3-13-9-11-6-4-10(5-7-11)8-12(14)15-2/h10-11,13H,3-9H2,1-2H3. The fourth-order valence-corrected chi connectivity index (χ4v) is 2.31. The number of carbonyl (C=O) groups is 1. The average molecular weight is 213 g/mol. The third-order valence-corrected chi connectivity index (χ3v) is 3.33. The summed E-state index contributed by atoms with van der Waals surface area (Å²) in [5, 5.41) is 3.39. The van der Waals surface area contributed by atoms with Gasteiger partial charge in [0, 0.05) is 6.42 Å². The number of carbonyl (C=O) groups excluding carboxylic acids is 1. The van der Waals surface area contributed by atoms with Crippen LogP contribution in [0.5, 0.6) is 0 Å². The number of hydrogen-bond donors (Lipinski definition) is 1. The Balaban J connectivity index is 2.15. The minimum atomic E-state index is -0.0508. The Morgan fingerprint density at radius 1 is 1.27 bits per heavy atom. The molecular formula is C12H23NO2. The quantitative estimate of drug-likeness (QED) is 0.710. The van der Waals surface area contributed by atoms with E-state index in [9.17, 15) is 4.79 Å². The fourth-order valence-electron chi connectivity index (χ4n) is 2.31. The van der Waals surface area contributed by atoms with Crippen molar-refractivity contribution in [2.45, 2.75) is 39.0 Å². The summed E-state index contributed by atoms with van der Waals surface area (Å²) in [6, 6.07) is 0. The normalized spacial score (nSPS) is 26.3. The molecule has 1 fully saturated rings. The van der Waals surface area contributed by atoms with E-state index in [2.05, 4.69) is 12.2 Å². The molecule has 0 aromatic carbocycles. The molecular weight excluding hydrogens is 190 g/mol. The van der Waals surface area contributed by atoms with Crippen molar-refractivity contribution < 1.29 is 9.53 Å². The van der Waals surface area contributed by atoms with Gasteiger partial charge in [0.1, 0.15) is 0 Å². The second-order valence-corrected chi connectivity index (χ2v) is 4.47. The molecule has 1 aliphatic rings. The zero-order chi connectivity index (χ0) is 11.1. The van der Waals surface area contributed by atoms with Gasteiger partial charge in [-0.25, -0.2) is 0 Å². The summed E-state index contributed by atoms with van der Waals surface area (Å²) >= 11 is 0. The molecule has 1 aliphatic carbocycles. The van der Waals surface area contributed by atoms with Crippen LogP contribution in [0.15, 0.2) is 0 Å². The summed E-state index contributed by atoms with van der Waals surface area (Å²) in [5.74, 6) is 1.33. The van der Waals surface area contributed by atoms with Crippen LogP contribution in [0.4, 0.5) is 0 Å². The van der Waals surface area contributed by atoms with Crippen molar-refractivity contribution in [3.63, 3.8) is 0 Å². The maximum Gasteiger partial charge on any atom is 0.305 e. The lowest BCUT2D eigenvalue weighted by molar-refractivity contribution is -0.142. The van der Waals surface area contributed by atoms with Crippen LogP contribution in [0.2, 0.25) is 0 Å². The van der Waals surface area contributed by atoms with Gasteiger partial charge < -0.3 is 10.1 Å². The lowest BCUT2D eigenvalue weighted by Crippen LogP contribution is -2.27. The first-order valence-electron chi connectivity index (χ1n) is 6.03. The first-order valence-corrected chi connectivity index (χ1v) is 6.03. The highest BCUT2D eigenvalue weighted by atomic mass is 16.5. The number of hydrogen-bond acceptors (Lipinski definition) is 3. The first kappa shape index (κ1) is 12.5. The van der Waals surface area contributed by atoms with Gasteiger partial charge in [0.15, 0.2) is 0 Å². The second kappa shape index (κ2) is 6.83. The molecule has 0 aromatic heterocycles. The minimum Gasteiger partial charge on any atom is -0.469 e. The molecule has 0 bridgehead atoms. The molecule has 0 heterocycles. The van der Waals surface area contributed by atoms with Crippen LogP contribution in [0, 0.1) is 11.8 Å². The predicted molar refractivity (Wildman–Crippen MR) is 60.6 cm³/mol. The van der Waals surface area contributed by atoms with Crippen LogP contribution >= 0.6 is 0 Å². The van der Waals surface area contributed by atoms with Crippen molar-refractivity contribution in [2.24, 2.45) is 11.8 Å². The summed E-state index contributed by atoms with van der Waals surface area (Å²) in [6.07, 6.45) is 5.50. The van der Waals surface area contributed by atoms with E-state index in [-0.39, 0.29) is 5.97 Å². The van der Waals surface area contributed by atoms with Crippen LogP contribution in [0.3, 0.4) is 0 Å². The van der Waals surface area contributed by atoms with Crippen molar-refractivity contribution in [3.05, 3.63) is 0 Å². The van der Waals surface area contributed by atoms with E-state index in [4.69, 9.17) is 4.74 Å². The summed E-state index contributed by atoms with van der Waals surface area (Å²) in [7, 11) is 1.47. The van der Waals surface area contributed by atoms with Crippen LogP contribution < -0.4 is 5.32 Å². The predicted octanol–water partition coefficient (Wildman–Crippen LogP) is 1.97. The van der Waals surface area contributed by atoms with Gasteiger partial charge in [-0.15, -0.1) is 0 Å². The number of nitrogens with one attached hydrogen (secondary N) is 1. The number of ether oxygens (including phenoxy) is 1. The van der Waals surface area contributed by atoms with Crippen molar-refractivity contribution >= 4 is 5.97 Å². The minimum absolute atomic E-state index is 0.0508. The Labute approximate surface area is 92.6 Å². The maximum atomic E-state index is 11.1. The van der Waals surface area contributed by atoms with Crippen molar-refractivity contribution in [1.82, 2.24) is 5.32 Å². The van der Waals surface area contributed by atoms with Crippen LogP contribution in [-0.2, 0) is 9.53 Å². The van der Waals surface area contributed by atoms with Gasteiger partial charge in [-0.1, -0.05) is 6.92 Å². The summed E-state index contributed by atoms with van der Waals surface area (Å²) in [4.78, 5) is 11.1. The van der Waals surface area contributed by atoms with Gasteiger partial charge in [-0.2, -0.15) is 0 Å². The zero-order valence-corrected chi connectivity index (χ0v) is 9.92. The molecule has 0 aliphatic heterocycles. The van der Waals surface area contributed by atoms with E-state index in [0.29, 0.717) is 12.3 Å². The topological polar surface area (TPSA) is 38.3 Å². The molecule has 15 heavy (non-hydrogen) atoms. The zero-order valence-electron chi connectivity index (χ0n) is 9.92. The average Bonchev–Trinajstić information content (AvgIpc) is 2.28. The van der Waals surface area contributed by atoms with E-state index in [1.807, 2.05) is 0 Å². The third-order valence-electron chi connectivity index (χ3n) is 3.33. The van der Waals surface area contributed by atoms with Crippen molar-refractivity contribution in [3.8, 4) is 0 Å². The Morgan fingerprint density at radius 2 is 1.87 bits per heavy atom. The molecule has 3 nitrogen and oxygen atoms in total. The van der Waals surface area contributed by atoms with Gasteiger partial charge >= 0.3 is 5.97 Å². The molecule has 1 N–H and O–H groups in total. The summed E-state index contributed by atoms with van der Waals surface area (Å²) in [5.41, 5.74) is 0. The number of rotatable bonds is 5. The molecule has 88 valence electrons. The molecule has 0 saturated heterocycles. The first-order chi connectivity index (χ1) is 7.26. The van der Waals surface area contributed by atoms with E-state index in [0.717, 1.165) is 19.0 Å². The van der Waals surface area contributed by atoms with Gasteiger partial charge in [0.2, 0.25) is 0 Å². The van der Waals surface area contributed by atoms with Crippen molar-refractivity contribution in [2.75, 3.05) is 20.2 Å². The molecule has 1 rings (SSSR count). The lowest BCUT2D eigenvalue weighted by Gasteiger charge is -2.27. The molecule has 0 spiro atoms. The highest BCUT2D eigenvalue weighted by Gasteiger charge is 2.22. The molecule has 3 heteroatoms. The number of methoxy groups -OCH3 is 1. The third kappa shape index (κ3) is 4.65. The van der Waals surface area contributed by atoms with E-state index in [1.165, 1.54) is 32.8 Å². The Kier molecular flexibility index (Phi) is 5.69. The van der Waals surface area contributed by atoms with Gasteiger partial charge in [-0.3, -0.25) is 4.79 Å². The smallest absolute Gasteiger partial charge is 0.305 e. The van der Waals surface area contributed by atoms with Crippen LogP contribution in [0.25, 0.3) is 0 Å². The largest absolute Gasteiger partial charge is 0.469 e. The lowest BCUT2D eigenvalue weighted by atomic mass is 9.80. The van der Waals surface area contributed by atoms with Gasteiger partial charge in [0.05, 0.1) is 7.11 Å². The Morgan fingerprint density at radius 3 is 2.40 bits per heavy atom.